The summed E-state index contributed by atoms with van der Waals surface area (Å²) in [5.74, 6) is -1.01. The second-order valence-corrected chi connectivity index (χ2v) is 4.30. The van der Waals surface area contributed by atoms with Crippen molar-refractivity contribution in [2.75, 3.05) is 5.32 Å². The van der Waals surface area contributed by atoms with E-state index in [2.05, 4.69) is 5.32 Å². The second-order valence-electron chi connectivity index (χ2n) is 3.89. The van der Waals surface area contributed by atoms with E-state index in [0.29, 0.717) is 11.3 Å². The third-order valence-electron chi connectivity index (χ3n) is 2.54. The monoisotopic (exact) mass is 278 g/mol. The number of hydrogen-bond acceptors (Lipinski definition) is 2. The predicted molar refractivity (Wildman–Crippen MR) is 69.8 cm³/mol. The highest BCUT2D eigenvalue weighted by molar-refractivity contribution is 6.30. The number of benzene rings is 2. The van der Waals surface area contributed by atoms with Crippen LogP contribution in [0.2, 0.25) is 5.02 Å². The topological polar surface area (TPSA) is 35.8 Å². The Hall–Kier alpha value is -2.12. The van der Waals surface area contributed by atoms with E-state index in [1.807, 2.05) is 6.07 Å². The lowest BCUT2D eigenvalue weighted by atomic mass is 10.1. The molecule has 96 valence electrons. The van der Waals surface area contributed by atoms with Crippen molar-refractivity contribution in [2.24, 2.45) is 0 Å². The van der Waals surface area contributed by atoms with Gasteiger partial charge >= 0.3 is 0 Å². The molecule has 0 saturated heterocycles. The zero-order valence-corrected chi connectivity index (χ0v) is 10.5. The first-order chi connectivity index (χ1) is 9.10. The van der Waals surface area contributed by atoms with Gasteiger partial charge in [-0.05, 0) is 35.9 Å². The standard InChI is InChI=1S/C14H9ClF2N2/c15-12-5-4-9(6-13(12)17)14(8-18)19-11-3-1-2-10(16)7-11/h1-7,14,19H. The SMILES string of the molecule is N#CC(Nc1cccc(F)c1)c1ccc(Cl)c(F)c1. The number of halogens is 3. The van der Waals surface area contributed by atoms with Crippen molar-refractivity contribution in [1.82, 2.24) is 0 Å². The molecule has 0 heterocycles. The minimum absolute atomic E-state index is 0.00815. The molecule has 0 saturated carbocycles. The third kappa shape index (κ3) is 3.21. The minimum Gasteiger partial charge on any atom is -0.366 e. The molecule has 2 aromatic carbocycles. The number of nitrogens with one attached hydrogen (secondary N) is 1. The van der Waals surface area contributed by atoms with Gasteiger partial charge in [-0.15, -0.1) is 0 Å². The molecule has 19 heavy (non-hydrogen) atoms. The molecular weight excluding hydrogens is 270 g/mol. The summed E-state index contributed by atoms with van der Waals surface area (Å²) >= 11 is 5.58. The van der Waals surface area contributed by atoms with Crippen LogP contribution in [0.3, 0.4) is 0 Å². The summed E-state index contributed by atoms with van der Waals surface area (Å²) in [5, 5.41) is 11.9. The predicted octanol–water partition coefficient (Wildman–Crippen LogP) is 4.29. The smallest absolute Gasteiger partial charge is 0.142 e. The average molecular weight is 279 g/mol. The van der Waals surface area contributed by atoms with E-state index < -0.39 is 17.7 Å². The number of anilines is 1. The number of rotatable bonds is 3. The first-order valence-corrected chi connectivity index (χ1v) is 5.84. The fourth-order valence-corrected chi connectivity index (χ4v) is 1.74. The Morgan fingerprint density at radius 2 is 1.95 bits per heavy atom. The van der Waals surface area contributed by atoms with Crippen LogP contribution < -0.4 is 5.32 Å². The van der Waals surface area contributed by atoms with Gasteiger partial charge in [-0.1, -0.05) is 23.7 Å². The first-order valence-electron chi connectivity index (χ1n) is 5.47. The van der Waals surface area contributed by atoms with Crippen molar-refractivity contribution in [2.45, 2.75) is 6.04 Å². The number of nitriles is 1. The summed E-state index contributed by atoms with van der Waals surface area (Å²) in [7, 11) is 0. The van der Waals surface area contributed by atoms with Crippen molar-refractivity contribution in [3.63, 3.8) is 0 Å². The molecule has 0 radical (unpaired) electrons. The lowest BCUT2D eigenvalue weighted by molar-refractivity contribution is 0.624. The van der Waals surface area contributed by atoms with Crippen molar-refractivity contribution >= 4 is 17.3 Å². The molecule has 0 amide bonds. The zero-order chi connectivity index (χ0) is 13.8. The maximum absolute atomic E-state index is 13.3. The van der Waals surface area contributed by atoms with Crippen molar-refractivity contribution in [3.05, 3.63) is 64.7 Å². The first kappa shape index (κ1) is 13.3. The molecule has 0 aliphatic heterocycles. The van der Waals surface area contributed by atoms with Crippen LogP contribution in [-0.4, -0.2) is 0 Å². The Kier molecular flexibility index (Phi) is 3.98. The van der Waals surface area contributed by atoms with Crippen LogP contribution in [0.4, 0.5) is 14.5 Å². The zero-order valence-electron chi connectivity index (χ0n) is 9.70. The largest absolute Gasteiger partial charge is 0.366 e. The molecule has 0 spiro atoms. The van der Waals surface area contributed by atoms with Gasteiger partial charge in [-0.25, -0.2) is 8.78 Å². The fourth-order valence-electron chi connectivity index (χ4n) is 1.63. The van der Waals surface area contributed by atoms with E-state index in [4.69, 9.17) is 16.9 Å². The van der Waals surface area contributed by atoms with Gasteiger partial charge in [0.1, 0.15) is 17.7 Å². The Balaban J connectivity index is 2.25. The molecule has 1 unspecified atom stereocenters. The quantitative estimate of drug-likeness (QED) is 0.909. The molecular formula is C14H9ClF2N2. The van der Waals surface area contributed by atoms with Crippen molar-refractivity contribution in [3.8, 4) is 6.07 Å². The van der Waals surface area contributed by atoms with Gasteiger partial charge in [0, 0.05) is 5.69 Å². The molecule has 0 aliphatic rings. The average Bonchev–Trinajstić information content (AvgIpc) is 2.39. The Labute approximate surface area is 114 Å². The summed E-state index contributed by atoms with van der Waals surface area (Å²) in [6, 6.07) is 11.0. The van der Waals surface area contributed by atoms with Crippen molar-refractivity contribution < 1.29 is 8.78 Å². The fraction of sp³-hybridized carbons (Fsp3) is 0.0714. The van der Waals surface area contributed by atoms with Gasteiger partial charge in [0.2, 0.25) is 0 Å². The van der Waals surface area contributed by atoms with Gasteiger partial charge < -0.3 is 5.32 Å². The lowest BCUT2D eigenvalue weighted by Crippen LogP contribution is -2.09. The van der Waals surface area contributed by atoms with Crippen LogP contribution in [0.15, 0.2) is 42.5 Å². The van der Waals surface area contributed by atoms with Gasteiger partial charge in [-0.2, -0.15) is 5.26 Å². The summed E-state index contributed by atoms with van der Waals surface area (Å²) in [4.78, 5) is 0. The maximum Gasteiger partial charge on any atom is 0.142 e. The highest BCUT2D eigenvalue weighted by atomic mass is 35.5. The van der Waals surface area contributed by atoms with Crippen LogP contribution in [0.25, 0.3) is 0 Å². The number of hydrogen-bond donors (Lipinski definition) is 1. The van der Waals surface area contributed by atoms with Gasteiger partial charge in [-0.3, -0.25) is 0 Å². The molecule has 0 aromatic heterocycles. The van der Waals surface area contributed by atoms with Crippen LogP contribution in [0, 0.1) is 23.0 Å². The molecule has 2 nitrogen and oxygen atoms in total. The highest BCUT2D eigenvalue weighted by Crippen LogP contribution is 2.23. The molecule has 1 N–H and O–H groups in total. The molecule has 0 aliphatic carbocycles. The summed E-state index contributed by atoms with van der Waals surface area (Å²) in [6.45, 7) is 0. The van der Waals surface area contributed by atoms with E-state index in [9.17, 15) is 8.78 Å². The number of nitrogens with zero attached hydrogens (tertiary/aromatic N) is 1. The van der Waals surface area contributed by atoms with Gasteiger partial charge in [0.25, 0.3) is 0 Å². The Morgan fingerprint density at radius 3 is 2.58 bits per heavy atom. The van der Waals surface area contributed by atoms with Gasteiger partial charge in [0.05, 0.1) is 11.1 Å². The molecule has 1 atom stereocenters. The maximum atomic E-state index is 13.3. The summed E-state index contributed by atoms with van der Waals surface area (Å²) in [5.41, 5.74) is 0.871. The molecule has 2 aromatic rings. The molecule has 0 fully saturated rings. The Morgan fingerprint density at radius 1 is 1.16 bits per heavy atom. The van der Waals surface area contributed by atoms with E-state index in [1.54, 1.807) is 12.1 Å². The van der Waals surface area contributed by atoms with Crippen molar-refractivity contribution in [1.29, 1.82) is 5.26 Å². The van der Waals surface area contributed by atoms with Crippen LogP contribution in [0.5, 0.6) is 0 Å². The van der Waals surface area contributed by atoms with Crippen LogP contribution in [-0.2, 0) is 0 Å². The van der Waals surface area contributed by atoms with Crippen LogP contribution >= 0.6 is 11.6 Å². The second kappa shape index (κ2) is 5.68. The summed E-state index contributed by atoms with van der Waals surface area (Å²) in [6.07, 6.45) is 0. The molecule has 5 heteroatoms. The van der Waals surface area contributed by atoms with Gasteiger partial charge in [0.15, 0.2) is 0 Å². The van der Waals surface area contributed by atoms with E-state index >= 15 is 0 Å². The Bertz CT molecular complexity index is 638. The molecule has 2 rings (SSSR count). The molecule has 0 bridgehead atoms. The minimum atomic E-state index is -0.784. The lowest BCUT2D eigenvalue weighted by Gasteiger charge is -2.13. The third-order valence-corrected chi connectivity index (χ3v) is 2.85. The highest BCUT2D eigenvalue weighted by Gasteiger charge is 2.12. The van der Waals surface area contributed by atoms with E-state index in [1.165, 1.54) is 30.3 Å². The van der Waals surface area contributed by atoms with E-state index in [-0.39, 0.29) is 5.02 Å². The normalized spacial score (nSPS) is 11.7. The van der Waals surface area contributed by atoms with E-state index in [0.717, 1.165) is 0 Å². The summed E-state index contributed by atoms with van der Waals surface area (Å²) < 4.78 is 26.4. The van der Waals surface area contributed by atoms with Crippen LogP contribution in [0.1, 0.15) is 11.6 Å².